The number of oxazole rings is 1. The summed E-state index contributed by atoms with van der Waals surface area (Å²) in [5, 5.41) is 3.28. The molecular weight excluding hydrogens is 240 g/mol. The Labute approximate surface area is 115 Å². The molecule has 0 radical (unpaired) electrons. The van der Waals surface area contributed by atoms with E-state index in [0.717, 1.165) is 37.9 Å². The van der Waals surface area contributed by atoms with Crippen LogP contribution in [0.25, 0.3) is 0 Å². The number of nitrogens with zero attached hydrogens (tertiary/aromatic N) is 3. The van der Waals surface area contributed by atoms with Gasteiger partial charge in [0.1, 0.15) is 6.26 Å². The third kappa shape index (κ3) is 2.62. The van der Waals surface area contributed by atoms with Crippen molar-refractivity contribution in [1.29, 1.82) is 0 Å². The molecule has 0 amide bonds. The van der Waals surface area contributed by atoms with Crippen LogP contribution in [-0.2, 0) is 6.54 Å². The van der Waals surface area contributed by atoms with E-state index in [1.807, 2.05) is 0 Å². The van der Waals surface area contributed by atoms with Crippen LogP contribution in [-0.4, -0.2) is 48.1 Å². The molecule has 106 valence electrons. The van der Waals surface area contributed by atoms with Gasteiger partial charge < -0.3 is 14.6 Å². The number of piperazine rings is 1. The molecule has 1 aromatic rings. The molecule has 2 saturated heterocycles. The second-order valence-electron chi connectivity index (χ2n) is 5.69. The predicted molar refractivity (Wildman–Crippen MR) is 75.3 cm³/mol. The van der Waals surface area contributed by atoms with Crippen molar-refractivity contribution in [3.05, 3.63) is 12.0 Å². The molecule has 2 aliphatic rings. The summed E-state index contributed by atoms with van der Waals surface area (Å²) in [6.07, 6.45) is 4.43. The molecular formula is C14H24N4O. The highest BCUT2D eigenvalue weighted by Crippen LogP contribution is 2.28. The van der Waals surface area contributed by atoms with Crippen LogP contribution in [0, 0.1) is 0 Å². The van der Waals surface area contributed by atoms with Crippen LogP contribution in [0.2, 0.25) is 0 Å². The number of anilines is 1. The van der Waals surface area contributed by atoms with E-state index in [1.165, 1.54) is 19.4 Å². The van der Waals surface area contributed by atoms with E-state index >= 15 is 0 Å². The molecule has 0 saturated carbocycles. The molecule has 3 heterocycles. The standard InChI is InChI=1S/C14H24N4O/c1-3-15-7-12-10-19-14(16-12)18-9-13-5-4-6-17(13)8-11(18)2/h10-11,13,15H,3-9H2,1-2H3. The summed E-state index contributed by atoms with van der Waals surface area (Å²) in [6.45, 7) is 9.57. The van der Waals surface area contributed by atoms with Gasteiger partial charge in [0.05, 0.1) is 5.69 Å². The highest BCUT2D eigenvalue weighted by Gasteiger charge is 2.36. The van der Waals surface area contributed by atoms with Gasteiger partial charge in [-0.3, -0.25) is 4.90 Å². The van der Waals surface area contributed by atoms with Crippen LogP contribution in [0.5, 0.6) is 0 Å². The zero-order chi connectivity index (χ0) is 13.2. The quantitative estimate of drug-likeness (QED) is 0.892. The van der Waals surface area contributed by atoms with Crippen LogP contribution >= 0.6 is 0 Å². The van der Waals surface area contributed by atoms with E-state index in [4.69, 9.17) is 4.42 Å². The van der Waals surface area contributed by atoms with Gasteiger partial charge in [-0.25, -0.2) is 0 Å². The van der Waals surface area contributed by atoms with Gasteiger partial charge >= 0.3 is 0 Å². The lowest BCUT2D eigenvalue weighted by Crippen LogP contribution is -2.55. The molecule has 1 N–H and O–H groups in total. The summed E-state index contributed by atoms with van der Waals surface area (Å²) < 4.78 is 5.68. The molecule has 0 spiro atoms. The van der Waals surface area contributed by atoms with Gasteiger partial charge in [0.25, 0.3) is 6.01 Å². The lowest BCUT2D eigenvalue weighted by atomic mass is 10.1. The van der Waals surface area contributed by atoms with Crippen molar-refractivity contribution in [2.75, 3.05) is 31.1 Å². The Morgan fingerprint density at radius 2 is 2.37 bits per heavy atom. The molecule has 1 aromatic heterocycles. The highest BCUT2D eigenvalue weighted by atomic mass is 16.4. The maximum atomic E-state index is 5.68. The smallest absolute Gasteiger partial charge is 0.297 e. The topological polar surface area (TPSA) is 44.5 Å². The minimum Gasteiger partial charge on any atom is -0.432 e. The van der Waals surface area contributed by atoms with Crippen molar-refractivity contribution in [3.8, 4) is 0 Å². The fourth-order valence-corrected chi connectivity index (χ4v) is 3.22. The van der Waals surface area contributed by atoms with Gasteiger partial charge in [0, 0.05) is 31.7 Å². The number of aromatic nitrogens is 1. The lowest BCUT2D eigenvalue weighted by Gasteiger charge is -2.41. The fraction of sp³-hybridized carbons (Fsp3) is 0.786. The summed E-state index contributed by atoms with van der Waals surface area (Å²) in [4.78, 5) is 9.56. The number of hydrogen-bond acceptors (Lipinski definition) is 5. The van der Waals surface area contributed by atoms with Crippen molar-refractivity contribution >= 4 is 6.01 Å². The number of nitrogens with one attached hydrogen (secondary N) is 1. The summed E-state index contributed by atoms with van der Waals surface area (Å²) in [6, 6.07) is 1.98. The van der Waals surface area contributed by atoms with Crippen LogP contribution in [0.1, 0.15) is 32.4 Å². The Morgan fingerprint density at radius 1 is 1.47 bits per heavy atom. The molecule has 2 aliphatic heterocycles. The minimum atomic E-state index is 0.486. The zero-order valence-electron chi connectivity index (χ0n) is 11.9. The van der Waals surface area contributed by atoms with E-state index < -0.39 is 0 Å². The van der Waals surface area contributed by atoms with Crippen molar-refractivity contribution in [1.82, 2.24) is 15.2 Å². The van der Waals surface area contributed by atoms with E-state index in [-0.39, 0.29) is 0 Å². The Balaban J connectivity index is 1.68. The van der Waals surface area contributed by atoms with Gasteiger partial charge in [-0.05, 0) is 32.9 Å². The monoisotopic (exact) mass is 264 g/mol. The molecule has 5 nitrogen and oxygen atoms in total. The average molecular weight is 264 g/mol. The highest BCUT2D eigenvalue weighted by molar-refractivity contribution is 5.31. The van der Waals surface area contributed by atoms with Gasteiger partial charge in [0.15, 0.2) is 0 Å². The van der Waals surface area contributed by atoms with Gasteiger partial charge in [-0.15, -0.1) is 0 Å². The SMILES string of the molecule is CCNCc1coc(N2CC3CCCN3CC2C)n1. The minimum absolute atomic E-state index is 0.486. The summed E-state index contributed by atoms with van der Waals surface area (Å²) in [7, 11) is 0. The van der Waals surface area contributed by atoms with Crippen molar-refractivity contribution in [3.63, 3.8) is 0 Å². The largest absolute Gasteiger partial charge is 0.432 e. The maximum Gasteiger partial charge on any atom is 0.297 e. The molecule has 2 unspecified atom stereocenters. The van der Waals surface area contributed by atoms with E-state index in [1.54, 1.807) is 6.26 Å². The van der Waals surface area contributed by atoms with Crippen LogP contribution in [0.15, 0.2) is 10.7 Å². The number of hydrogen-bond donors (Lipinski definition) is 1. The van der Waals surface area contributed by atoms with Crippen molar-refractivity contribution in [2.24, 2.45) is 0 Å². The molecule has 0 bridgehead atoms. The molecule has 3 rings (SSSR count). The number of rotatable bonds is 4. The van der Waals surface area contributed by atoms with E-state index in [0.29, 0.717) is 12.1 Å². The van der Waals surface area contributed by atoms with Gasteiger partial charge in [0.2, 0.25) is 0 Å². The average Bonchev–Trinajstić information content (AvgIpc) is 3.03. The first-order chi connectivity index (χ1) is 9.28. The first kappa shape index (κ1) is 12.9. The van der Waals surface area contributed by atoms with Crippen LogP contribution in [0.3, 0.4) is 0 Å². The third-order valence-electron chi connectivity index (χ3n) is 4.28. The summed E-state index contributed by atoms with van der Waals surface area (Å²) in [5.74, 6) is 0. The number of fused-ring (bicyclic) bond motifs is 1. The fourth-order valence-electron chi connectivity index (χ4n) is 3.22. The molecule has 0 aliphatic carbocycles. The van der Waals surface area contributed by atoms with Crippen LogP contribution in [0.4, 0.5) is 6.01 Å². The molecule has 2 atom stereocenters. The van der Waals surface area contributed by atoms with Gasteiger partial charge in [-0.1, -0.05) is 6.92 Å². The summed E-state index contributed by atoms with van der Waals surface area (Å²) in [5.41, 5.74) is 0.998. The third-order valence-corrected chi connectivity index (χ3v) is 4.28. The zero-order valence-corrected chi connectivity index (χ0v) is 11.9. The lowest BCUT2D eigenvalue weighted by molar-refractivity contribution is 0.197. The second-order valence-corrected chi connectivity index (χ2v) is 5.69. The summed E-state index contributed by atoms with van der Waals surface area (Å²) >= 11 is 0. The first-order valence-corrected chi connectivity index (χ1v) is 7.43. The molecule has 19 heavy (non-hydrogen) atoms. The Hall–Kier alpha value is -1.07. The molecule has 5 heteroatoms. The van der Waals surface area contributed by atoms with Gasteiger partial charge in [-0.2, -0.15) is 4.98 Å². The van der Waals surface area contributed by atoms with E-state index in [9.17, 15) is 0 Å². The maximum absolute atomic E-state index is 5.68. The Morgan fingerprint density at radius 3 is 3.21 bits per heavy atom. The van der Waals surface area contributed by atoms with Crippen molar-refractivity contribution in [2.45, 2.75) is 45.3 Å². The second kappa shape index (κ2) is 5.51. The molecule has 0 aromatic carbocycles. The Kier molecular flexibility index (Phi) is 3.75. The van der Waals surface area contributed by atoms with Crippen molar-refractivity contribution < 1.29 is 4.42 Å². The predicted octanol–water partition coefficient (Wildman–Crippen LogP) is 1.46. The first-order valence-electron chi connectivity index (χ1n) is 7.43. The van der Waals surface area contributed by atoms with E-state index in [2.05, 4.69) is 33.9 Å². The molecule has 2 fully saturated rings. The Bertz CT molecular complexity index is 419. The van der Waals surface area contributed by atoms with Crippen LogP contribution < -0.4 is 10.2 Å². The normalized spacial score (nSPS) is 27.8.